The zero-order valence-electron chi connectivity index (χ0n) is 18.8. The number of carbonyl (C=O) groups is 1. The Kier molecular flexibility index (Phi) is 5.76. The molecular formula is C23H22N4O7. The second-order valence-corrected chi connectivity index (χ2v) is 7.15. The molecule has 4 rings (SSSR count). The number of pyridine rings is 1. The first-order chi connectivity index (χ1) is 16.3. The predicted molar refractivity (Wildman–Crippen MR) is 124 cm³/mol. The quantitative estimate of drug-likeness (QED) is 0.375. The molecule has 0 fully saturated rings. The molecule has 0 aliphatic heterocycles. The molecule has 0 saturated carbocycles. The normalized spacial score (nSPS) is 10.8. The van der Waals surface area contributed by atoms with Gasteiger partial charge in [0.2, 0.25) is 5.75 Å². The predicted octanol–water partition coefficient (Wildman–Crippen LogP) is 2.22. The van der Waals surface area contributed by atoms with Gasteiger partial charge in [-0.2, -0.15) is 0 Å². The van der Waals surface area contributed by atoms with Crippen LogP contribution >= 0.6 is 0 Å². The van der Waals surface area contributed by atoms with Gasteiger partial charge < -0.3 is 34.8 Å². The molecule has 0 spiro atoms. The number of ether oxygens (including phenoxy) is 4. The van der Waals surface area contributed by atoms with Crippen LogP contribution in [0.1, 0.15) is 10.5 Å². The van der Waals surface area contributed by atoms with E-state index in [9.17, 15) is 14.7 Å². The van der Waals surface area contributed by atoms with E-state index < -0.39 is 11.6 Å². The Morgan fingerprint density at radius 3 is 2.15 bits per heavy atom. The van der Waals surface area contributed by atoms with Crippen molar-refractivity contribution in [3.63, 3.8) is 0 Å². The van der Waals surface area contributed by atoms with E-state index in [1.54, 1.807) is 30.3 Å². The highest BCUT2D eigenvalue weighted by Crippen LogP contribution is 2.40. The average Bonchev–Trinajstić information content (AvgIpc) is 3.17. The molecule has 1 amide bonds. The van der Waals surface area contributed by atoms with E-state index >= 15 is 0 Å². The van der Waals surface area contributed by atoms with Crippen molar-refractivity contribution >= 4 is 16.9 Å². The molecule has 0 unspecified atom stereocenters. The van der Waals surface area contributed by atoms with Crippen molar-refractivity contribution in [1.82, 2.24) is 14.5 Å². The van der Waals surface area contributed by atoms with Crippen LogP contribution in [0, 0.1) is 0 Å². The molecule has 176 valence electrons. The number of phenols is 1. The fourth-order valence-corrected chi connectivity index (χ4v) is 3.73. The minimum absolute atomic E-state index is 0.112. The minimum Gasteiger partial charge on any atom is -0.504 e. The summed E-state index contributed by atoms with van der Waals surface area (Å²) in [6.07, 6.45) is 0. The molecule has 0 bridgehead atoms. The summed E-state index contributed by atoms with van der Waals surface area (Å²) in [6, 6.07) is 9.45. The second kappa shape index (κ2) is 8.70. The number of aromatic nitrogens is 3. The van der Waals surface area contributed by atoms with Gasteiger partial charge in [0.15, 0.2) is 28.7 Å². The Bertz CT molecular complexity index is 1450. The van der Waals surface area contributed by atoms with E-state index in [4.69, 9.17) is 24.7 Å². The van der Waals surface area contributed by atoms with Gasteiger partial charge in [-0.05, 0) is 24.3 Å². The van der Waals surface area contributed by atoms with Crippen molar-refractivity contribution in [2.24, 2.45) is 5.73 Å². The van der Waals surface area contributed by atoms with Gasteiger partial charge in [-0.15, -0.1) is 0 Å². The van der Waals surface area contributed by atoms with Crippen LogP contribution in [0.3, 0.4) is 0 Å². The van der Waals surface area contributed by atoms with Gasteiger partial charge in [-0.3, -0.25) is 9.36 Å². The third-order valence-corrected chi connectivity index (χ3v) is 5.29. The average molecular weight is 466 g/mol. The number of aromatic hydroxyl groups is 1. The lowest BCUT2D eigenvalue weighted by atomic mass is 10.1. The number of aromatic amines is 1. The number of fused-ring (bicyclic) bond motifs is 1. The molecule has 0 aliphatic rings. The number of nitrogens with two attached hydrogens (primary N) is 1. The van der Waals surface area contributed by atoms with Gasteiger partial charge in [0.1, 0.15) is 0 Å². The molecule has 0 atom stereocenters. The van der Waals surface area contributed by atoms with Gasteiger partial charge in [0.25, 0.3) is 5.91 Å². The zero-order chi connectivity index (χ0) is 24.6. The van der Waals surface area contributed by atoms with Crippen LogP contribution in [0.2, 0.25) is 0 Å². The number of methoxy groups -OCH3 is 4. The number of nitrogens with zero attached hydrogens (tertiary/aromatic N) is 2. The summed E-state index contributed by atoms with van der Waals surface area (Å²) in [4.78, 5) is 32.2. The number of imidazole rings is 1. The smallest absolute Gasteiger partial charge is 0.331 e. The Labute approximate surface area is 193 Å². The van der Waals surface area contributed by atoms with Crippen molar-refractivity contribution < 1.29 is 28.8 Å². The maximum absolute atomic E-state index is 13.0. The third-order valence-electron chi connectivity index (χ3n) is 5.29. The second-order valence-electron chi connectivity index (χ2n) is 7.15. The molecule has 11 nitrogen and oxygen atoms in total. The van der Waals surface area contributed by atoms with Gasteiger partial charge in [-0.1, -0.05) is 0 Å². The number of hydrogen-bond acceptors (Lipinski definition) is 8. The first-order valence-electron chi connectivity index (χ1n) is 9.96. The van der Waals surface area contributed by atoms with Gasteiger partial charge in [-0.25, -0.2) is 9.78 Å². The fraction of sp³-hybridized carbons (Fsp3) is 0.174. The Balaban J connectivity index is 2.04. The van der Waals surface area contributed by atoms with Crippen LogP contribution in [-0.4, -0.2) is 54.0 Å². The van der Waals surface area contributed by atoms with Crippen LogP contribution in [0.15, 0.2) is 41.2 Å². The number of primary amides is 1. The van der Waals surface area contributed by atoms with Gasteiger partial charge >= 0.3 is 5.69 Å². The van der Waals surface area contributed by atoms with E-state index in [-0.39, 0.29) is 22.7 Å². The van der Waals surface area contributed by atoms with Crippen LogP contribution in [0.5, 0.6) is 28.7 Å². The molecule has 0 aliphatic carbocycles. The Morgan fingerprint density at radius 2 is 1.62 bits per heavy atom. The van der Waals surface area contributed by atoms with E-state index in [0.717, 1.165) is 0 Å². The first-order valence-corrected chi connectivity index (χ1v) is 9.96. The van der Waals surface area contributed by atoms with Gasteiger partial charge in [0.05, 0.1) is 50.9 Å². The monoisotopic (exact) mass is 466 g/mol. The standard InChI is InChI=1S/C23H22N4O7/c1-31-16-6-5-11(7-15(16)28)13-10-14-19(20(25-13)22(24)29)26-23(30)27(14)12-8-17(32-2)21(34-4)18(9-12)33-3/h5-10,28H,1-4H3,(H2,24,29)(H,26,30). The molecule has 0 saturated heterocycles. The topological polar surface area (TPSA) is 151 Å². The van der Waals surface area contributed by atoms with E-state index in [1.807, 2.05) is 0 Å². The number of amides is 1. The maximum Gasteiger partial charge on any atom is 0.331 e. The summed E-state index contributed by atoms with van der Waals surface area (Å²) in [5.41, 5.74) is 6.56. The summed E-state index contributed by atoms with van der Waals surface area (Å²) < 4.78 is 22.6. The third kappa shape index (κ3) is 3.62. The molecule has 34 heavy (non-hydrogen) atoms. The number of H-pyrrole nitrogens is 1. The highest BCUT2D eigenvalue weighted by molar-refractivity contribution is 6.03. The lowest BCUT2D eigenvalue weighted by Gasteiger charge is -2.15. The summed E-state index contributed by atoms with van der Waals surface area (Å²) in [6.45, 7) is 0. The number of nitrogens with one attached hydrogen (secondary N) is 1. The van der Waals surface area contributed by atoms with Crippen LogP contribution in [-0.2, 0) is 0 Å². The van der Waals surface area contributed by atoms with E-state index in [1.165, 1.54) is 39.1 Å². The van der Waals surface area contributed by atoms with Gasteiger partial charge in [0, 0.05) is 17.7 Å². The minimum atomic E-state index is -0.831. The SMILES string of the molecule is COc1ccc(-c2cc3c([nH]c(=O)n3-c3cc(OC)c(OC)c(OC)c3)c(C(N)=O)n2)cc1O. The van der Waals surface area contributed by atoms with Crippen molar-refractivity contribution in [1.29, 1.82) is 0 Å². The van der Waals surface area contributed by atoms with Crippen molar-refractivity contribution in [2.75, 3.05) is 28.4 Å². The van der Waals surface area contributed by atoms with E-state index in [2.05, 4.69) is 9.97 Å². The molecule has 4 aromatic rings. The van der Waals surface area contributed by atoms with Crippen molar-refractivity contribution in [3.8, 4) is 45.7 Å². The molecule has 2 heterocycles. The lowest BCUT2D eigenvalue weighted by molar-refractivity contribution is 0.0997. The molecular weight excluding hydrogens is 444 g/mol. The van der Waals surface area contributed by atoms with E-state index in [0.29, 0.717) is 39.7 Å². The zero-order valence-corrected chi connectivity index (χ0v) is 18.8. The molecule has 4 N–H and O–H groups in total. The Hall–Kier alpha value is -4.67. The van der Waals surface area contributed by atoms with Crippen molar-refractivity contribution in [2.45, 2.75) is 0 Å². The molecule has 2 aromatic heterocycles. The summed E-state index contributed by atoms with van der Waals surface area (Å²) >= 11 is 0. The number of hydrogen-bond donors (Lipinski definition) is 3. The summed E-state index contributed by atoms with van der Waals surface area (Å²) in [7, 11) is 5.82. The summed E-state index contributed by atoms with van der Waals surface area (Å²) in [5.74, 6) is 0.359. The highest BCUT2D eigenvalue weighted by Gasteiger charge is 2.21. The number of benzene rings is 2. The largest absolute Gasteiger partial charge is 0.504 e. The molecule has 0 radical (unpaired) electrons. The summed E-state index contributed by atoms with van der Waals surface area (Å²) in [5, 5.41) is 10.2. The number of phenolic OH excluding ortho intramolecular Hbond substituents is 1. The number of carbonyl (C=O) groups excluding carboxylic acids is 1. The first kappa shape index (κ1) is 22.5. The fourth-order valence-electron chi connectivity index (χ4n) is 3.73. The highest BCUT2D eigenvalue weighted by atomic mass is 16.5. The maximum atomic E-state index is 13.0. The molecule has 11 heteroatoms. The van der Waals surface area contributed by atoms with Crippen molar-refractivity contribution in [3.05, 3.63) is 52.6 Å². The lowest BCUT2D eigenvalue weighted by Crippen LogP contribution is -2.15. The molecule has 2 aromatic carbocycles. The van der Waals surface area contributed by atoms with Crippen LogP contribution in [0.4, 0.5) is 0 Å². The van der Waals surface area contributed by atoms with Crippen LogP contribution < -0.4 is 30.4 Å². The van der Waals surface area contributed by atoms with Crippen LogP contribution in [0.25, 0.3) is 28.0 Å². The Morgan fingerprint density at radius 1 is 0.971 bits per heavy atom. The number of rotatable bonds is 7.